The van der Waals surface area contributed by atoms with Crippen LogP contribution in [0.15, 0.2) is 35.7 Å². The molecule has 1 amide bonds. The van der Waals surface area contributed by atoms with Crippen molar-refractivity contribution in [3.8, 4) is 17.0 Å². The minimum atomic E-state index is -0.652. The van der Waals surface area contributed by atoms with Crippen LogP contribution in [0.1, 0.15) is 42.0 Å². The van der Waals surface area contributed by atoms with Gasteiger partial charge in [0, 0.05) is 16.0 Å². The highest BCUT2D eigenvalue weighted by atomic mass is 35.5. The molecule has 3 aromatic rings. The molecule has 1 aliphatic carbocycles. The topological polar surface area (TPSA) is 51.2 Å². The Hall–Kier alpha value is -2.37. The lowest BCUT2D eigenvalue weighted by Gasteiger charge is -2.16. The van der Waals surface area contributed by atoms with Crippen LogP contribution in [0, 0.1) is 13.8 Å². The molecule has 0 saturated carbocycles. The van der Waals surface area contributed by atoms with Gasteiger partial charge in [0.25, 0.3) is 5.91 Å². The number of halogens is 1. The summed E-state index contributed by atoms with van der Waals surface area (Å²) in [5.41, 5.74) is 6.72. The third-order valence-corrected chi connectivity index (χ3v) is 6.82. The molecular formula is C24H25ClN2O2S. The molecular weight excluding hydrogens is 416 g/mol. The first-order chi connectivity index (χ1) is 14.4. The van der Waals surface area contributed by atoms with Crippen molar-refractivity contribution < 1.29 is 9.53 Å². The van der Waals surface area contributed by atoms with Gasteiger partial charge in [0.2, 0.25) is 0 Å². The number of carbonyl (C=O) groups is 1. The number of anilines is 1. The average molecular weight is 441 g/mol. The number of aromatic nitrogens is 1. The number of carbonyl (C=O) groups excluding carboxylic acids is 1. The molecule has 1 atom stereocenters. The first-order valence-corrected chi connectivity index (χ1v) is 11.5. The van der Waals surface area contributed by atoms with Crippen molar-refractivity contribution in [1.29, 1.82) is 0 Å². The summed E-state index contributed by atoms with van der Waals surface area (Å²) in [5.74, 6) is 0.400. The number of nitrogens with one attached hydrogen (secondary N) is 1. The molecule has 1 N–H and O–H groups in total. The van der Waals surface area contributed by atoms with Gasteiger partial charge in [-0.05, 0) is 86.9 Å². The van der Waals surface area contributed by atoms with Crippen molar-refractivity contribution in [1.82, 2.24) is 4.98 Å². The Labute approximate surface area is 186 Å². The van der Waals surface area contributed by atoms with Crippen LogP contribution in [0.3, 0.4) is 0 Å². The second-order valence-electron chi connectivity index (χ2n) is 7.85. The Bertz CT molecular complexity index is 1070. The monoisotopic (exact) mass is 440 g/mol. The number of fused-ring (bicyclic) bond motifs is 1. The summed E-state index contributed by atoms with van der Waals surface area (Å²) in [6, 6.07) is 10.3. The second-order valence-corrected chi connectivity index (χ2v) is 9.08. The van der Waals surface area contributed by atoms with Crippen LogP contribution in [0.2, 0.25) is 5.02 Å². The molecule has 0 spiro atoms. The maximum absolute atomic E-state index is 12.6. The van der Waals surface area contributed by atoms with E-state index in [1.165, 1.54) is 41.7 Å². The molecule has 0 saturated heterocycles. The smallest absolute Gasteiger partial charge is 0.266 e. The number of amides is 1. The quantitative estimate of drug-likeness (QED) is 0.501. The van der Waals surface area contributed by atoms with Crippen LogP contribution in [0.5, 0.6) is 5.75 Å². The van der Waals surface area contributed by atoms with Gasteiger partial charge < -0.3 is 4.74 Å². The van der Waals surface area contributed by atoms with Crippen molar-refractivity contribution in [2.45, 2.75) is 52.6 Å². The van der Waals surface area contributed by atoms with Gasteiger partial charge in [-0.25, -0.2) is 4.98 Å². The van der Waals surface area contributed by atoms with Gasteiger partial charge in [-0.3, -0.25) is 10.1 Å². The standard InChI is InChI=1S/C24H25ClN2O2S/c1-14-10-20(11-15(2)22(14)25)29-16(3)23(28)27-24-26-21(13-30-24)19-9-8-17-6-4-5-7-18(17)12-19/h8-13,16H,4-7H2,1-3H3,(H,26,27,28). The summed E-state index contributed by atoms with van der Waals surface area (Å²) < 4.78 is 5.82. The summed E-state index contributed by atoms with van der Waals surface area (Å²) in [7, 11) is 0. The van der Waals surface area contributed by atoms with E-state index < -0.39 is 6.10 Å². The summed E-state index contributed by atoms with van der Waals surface area (Å²) in [4.78, 5) is 17.2. The third-order valence-electron chi connectivity index (χ3n) is 5.47. The Balaban J connectivity index is 1.42. The fraction of sp³-hybridized carbons (Fsp3) is 0.333. The van der Waals surface area contributed by atoms with E-state index in [1.54, 1.807) is 6.92 Å². The van der Waals surface area contributed by atoms with Crippen LogP contribution < -0.4 is 10.1 Å². The third kappa shape index (κ3) is 4.52. The predicted octanol–water partition coefficient (Wildman–Crippen LogP) is 6.37. The van der Waals surface area contributed by atoms with Crippen LogP contribution in [-0.2, 0) is 17.6 Å². The van der Waals surface area contributed by atoms with E-state index in [4.69, 9.17) is 16.3 Å². The summed E-state index contributed by atoms with van der Waals surface area (Å²) in [6.45, 7) is 5.57. The van der Waals surface area contributed by atoms with Gasteiger partial charge in [-0.2, -0.15) is 0 Å². The van der Waals surface area contributed by atoms with Gasteiger partial charge >= 0.3 is 0 Å². The van der Waals surface area contributed by atoms with Crippen molar-refractivity contribution >= 4 is 34.0 Å². The van der Waals surface area contributed by atoms with Crippen molar-refractivity contribution in [3.05, 3.63) is 63.0 Å². The SMILES string of the molecule is Cc1cc(OC(C)C(=O)Nc2nc(-c3ccc4c(c3)CCCC4)cs2)cc(C)c1Cl. The molecule has 0 aliphatic heterocycles. The number of thiazole rings is 1. The van der Waals surface area contributed by atoms with E-state index in [0.29, 0.717) is 10.9 Å². The molecule has 0 bridgehead atoms. The molecule has 4 rings (SSSR count). The maximum Gasteiger partial charge on any atom is 0.266 e. The molecule has 30 heavy (non-hydrogen) atoms. The fourth-order valence-corrected chi connectivity index (χ4v) is 4.63. The van der Waals surface area contributed by atoms with Gasteiger partial charge in [0.15, 0.2) is 11.2 Å². The molecule has 1 aliphatic rings. The molecule has 156 valence electrons. The van der Waals surface area contributed by atoms with Crippen molar-refractivity contribution in [2.75, 3.05) is 5.32 Å². The van der Waals surface area contributed by atoms with Crippen LogP contribution in [0.25, 0.3) is 11.3 Å². The summed E-state index contributed by atoms with van der Waals surface area (Å²) in [6.07, 6.45) is 4.17. The fourth-order valence-electron chi connectivity index (χ4n) is 3.80. The first kappa shape index (κ1) is 20.9. The Morgan fingerprint density at radius 2 is 1.83 bits per heavy atom. The largest absolute Gasteiger partial charge is 0.481 e. The second kappa shape index (κ2) is 8.78. The minimum absolute atomic E-state index is 0.230. The number of hydrogen-bond acceptors (Lipinski definition) is 4. The van der Waals surface area contributed by atoms with E-state index in [9.17, 15) is 4.79 Å². The first-order valence-electron chi connectivity index (χ1n) is 10.2. The van der Waals surface area contributed by atoms with E-state index in [-0.39, 0.29) is 5.91 Å². The van der Waals surface area contributed by atoms with Gasteiger partial charge in [-0.15, -0.1) is 11.3 Å². The summed E-state index contributed by atoms with van der Waals surface area (Å²) in [5, 5.41) is 6.15. The lowest BCUT2D eigenvalue weighted by molar-refractivity contribution is -0.122. The number of hydrogen-bond donors (Lipinski definition) is 1. The highest BCUT2D eigenvalue weighted by molar-refractivity contribution is 7.14. The zero-order valence-corrected chi connectivity index (χ0v) is 19.0. The van der Waals surface area contributed by atoms with Crippen molar-refractivity contribution in [2.24, 2.45) is 0 Å². The lowest BCUT2D eigenvalue weighted by Crippen LogP contribution is -2.30. The molecule has 4 nitrogen and oxygen atoms in total. The molecule has 0 radical (unpaired) electrons. The zero-order chi connectivity index (χ0) is 21.3. The molecule has 1 aromatic heterocycles. The molecule has 1 unspecified atom stereocenters. The van der Waals surface area contributed by atoms with Gasteiger partial charge in [0.05, 0.1) is 5.69 Å². The van der Waals surface area contributed by atoms with Gasteiger partial charge in [0.1, 0.15) is 5.75 Å². The molecule has 0 fully saturated rings. The maximum atomic E-state index is 12.6. The van der Waals surface area contributed by atoms with E-state index in [2.05, 4.69) is 28.5 Å². The van der Waals surface area contributed by atoms with Crippen LogP contribution in [0.4, 0.5) is 5.13 Å². The molecule has 1 heterocycles. The normalized spacial score (nSPS) is 14.1. The predicted molar refractivity (Wildman–Crippen MR) is 124 cm³/mol. The van der Waals surface area contributed by atoms with Crippen LogP contribution in [-0.4, -0.2) is 17.0 Å². The highest BCUT2D eigenvalue weighted by Gasteiger charge is 2.18. The van der Waals surface area contributed by atoms with E-state index >= 15 is 0 Å². The number of benzene rings is 2. The average Bonchev–Trinajstić information content (AvgIpc) is 3.20. The lowest BCUT2D eigenvalue weighted by atomic mass is 9.90. The number of rotatable bonds is 5. The Morgan fingerprint density at radius 1 is 1.13 bits per heavy atom. The Kier molecular flexibility index (Phi) is 6.11. The van der Waals surface area contributed by atoms with Crippen LogP contribution >= 0.6 is 22.9 Å². The van der Waals surface area contributed by atoms with Crippen molar-refractivity contribution in [3.63, 3.8) is 0 Å². The number of aryl methyl sites for hydroxylation is 4. The number of ether oxygens (including phenoxy) is 1. The van der Waals surface area contributed by atoms with E-state index in [0.717, 1.165) is 33.8 Å². The van der Waals surface area contributed by atoms with Gasteiger partial charge in [-0.1, -0.05) is 23.7 Å². The molecule has 6 heteroatoms. The number of nitrogens with zero attached hydrogens (tertiary/aromatic N) is 1. The summed E-state index contributed by atoms with van der Waals surface area (Å²) >= 11 is 7.63. The zero-order valence-electron chi connectivity index (χ0n) is 17.4. The Morgan fingerprint density at radius 3 is 2.57 bits per heavy atom. The highest BCUT2D eigenvalue weighted by Crippen LogP contribution is 2.30. The minimum Gasteiger partial charge on any atom is -0.481 e. The van der Waals surface area contributed by atoms with E-state index in [1.807, 2.05) is 31.4 Å². The molecule has 2 aromatic carbocycles.